The van der Waals surface area contributed by atoms with E-state index in [1.165, 1.54) is 0 Å². The molecule has 0 aromatic heterocycles. The van der Waals surface area contributed by atoms with E-state index in [-0.39, 0.29) is 0 Å². The molecule has 106 valence electrons. The SMILES string of the molecule is C#CCCCNC(=O)NC1(C(=O)O)CCCCCC1. The Labute approximate surface area is 114 Å². The van der Waals surface area contributed by atoms with E-state index in [0.717, 1.165) is 25.7 Å². The Kier molecular flexibility index (Phi) is 6.20. The summed E-state index contributed by atoms with van der Waals surface area (Å²) in [5.74, 6) is 1.55. The largest absolute Gasteiger partial charge is 0.480 e. The molecule has 3 N–H and O–H groups in total. The van der Waals surface area contributed by atoms with Gasteiger partial charge in [-0.2, -0.15) is 0 Å². The van der Waals surface area contributed by atoms with Crippen molar-refractivity contribution in [3.63, 3.8) is 0 Å². The van der Waals surface area contributed by atoms with Gasteiger partial charge in [-0.05, 0) is 19.3 Å². The van der Waals surface area contributed by atoms with Gasteiger partial charge in [-0.25, -0.2) is 9.59 Å². The van der Waals surface area contributed by atoms with Crippen LogP contribution in [0.4, 0.5) is 4.79 Å². The molecule has 0 aliphatic heterocycles. The number of unbranched alkanes of at least 4 members (excludes halogenated alkanes) is 1. The summed E-state index contributed by atoms with van der Waals surface area (Å²) in [4.78, 5) is 23.2. The Bertz CT molecular complexity index is 352. The molecule has 19 heavy (non-hydrogen) atoms. The van der Waals surface area contributed by atoms with E-state index in [4.69, 9.17) is 6.42 Å². The van der Waals surface area contributed by atoms with E-state index in [1.54, 1.807) is 0 Å². The summed E-state index contributed by atoms with van der Waals surface area (Å²) in [6.07, 6.45) is 11.1. The van der Waals surface area contributed by atoms with Crippen LogP contribution in [0.2, 0.25) is 0 Å². The smallest absolute Gasteiger partial charge is 0.329 e. The van der Waals surface area contributed by atoms with Crippen LogP contribution in [0.1, 0.15) is 51.4 Å². The monoisotopic (exact) mass is 266 g/mol. The zero-order valence-corrected chi connectivity index (χ0v) is 11.2. The van der Waals surface area contributed by atoms with Crippen LogP contribution in [-0.4, -0.2) is 29.2 Å². The predicted octanol–water partition coefficient (Wildman–Crippen LogP) is 1.88. The lowest BCUT2D eigenvalue weighted by atomic mass is 9.90. The van der Waals surface area contributed by atoms with Crippen molar-refractivity contribution >= 4 is 12.0 Å². The van der Waals surface area contributed by atoms with Crippen LogP contribution in [0.15, 0.2) is 0 Å². The van der Waals surface area contributed by atoms with E-state index in [0.29, 0.717) is 32.2 Å². The highest BCUT2D eigenvalue weighted by atomic mass is 16.4. The first-order valence-corrected chi connectivity index (χ1v) is 6.83. The number of carboxylic acid groups (broad SMARTS) is 1. The van der Waals surface area contributed by atoms with Crippen molar-refractivity contribution < 1.29 is 14.7 Å². The quantitative estimate of drug-likeness (QED) is 0.404. The Morgan fingerprint density at radius 1 is 1.21 bits per heavy atom. The van der Waals surface area contributed by atoms with Gasteiger partial charge < -0.3 is 15.7 Å². The van der Waals surface area contributed by atoms with E-state index in [9.17, 15) is 14.7 Å². The standard InChI is InChI=1S/C14H22N2O3/c1-2-3-8-11-15-13(19)16-14(12(17)18)9-6-4-5-7-10-14/h1H,3-11H2,(H,17,18)(H2,15,16,19). The van der Waals surface area contributed by atoms with Gasteiger partial charge in [0.15, 0.2) is 0 Å². The maximum Gasteiger partial charge on any atom is 0.329 e. The van der Waals surface area contributed by atoms with Gasteiger partial charge in [-0.1, -0.05) is 25.7 Å². The molecule has 0 radical (unpaired) electrons. The highest BCUT2D eigenvalue weighted by molar-refractivity contribution is 5.86. The van der Waals surface area contributed by atoms with Crippen LogP contribution in [0, 0.1) is 12.3 Å². The molecule has 0 atom stereocenters. The third kappa shape index (κ3) is 4.82. The average Bonchev–Trinajstić information content (AvgIpc) is 2.61. The van der Waals surface area contributed by atoms with E-state index >= 15 is 0 Å². The molecule has 1 saturated carbocycles. The summed E-state index contributed by atoms with van der Waals surface area (Å²) in [5, 5.41) is 14.7. The van der Waals surface area contributed by atoms with Gasteiger partial charge >= 0.3 is 12.0 Å². The maximum absolute atomic E-state index is 11.8. The Morgan fingerprint density at radius 3 is 2.37 bits per heavy atom. The number of rotatable bonds is 5. The minimum atomic E-state index is -1.10. The van der Waals surface area contributed by atoms with Crippen molar-refractivity contribution in [2.45, 2.75) is 56.9 Å². The molecular weight excluding hydrogens is 244 g/mol. The number of carbonyl (C=O) groups is 2. The lowest BCUT2D eigenvalue weighted by Gasteiger charge is -2.29. The molecular formula is C14H22N2O3. The fourth-order valence-corrected chi connectivity index (χ4v) is 2.38. The number of terminal acetylenes is 1. The van der Waals surface area contributed by atoms with Crippen LogP contribution in [0.25, 0.3) is 0 Å². The lowest BCUT2D eigenvalue weighted by Crippen LogP contribution is -2.57. The van der Waals surface area contributed by atoms with Gasteiger partial charge in [0, 0.05) is 13.0 Å². The number of nitrogens with one attached hydrogen (secondary N) is 2. The summed E-state index contributed by atoms with van der Waals surface area (Å²) < 4.78 is 0. The molecule has 1 fully saturated rings. The summed E-state index contributed by atoms with van der Waals surface area (Å²) in [5.41, 5.74) is -1.10. The number of hydrogen-bond acceptors (Lipinski definition) is 2. The lowest BCUT2D eigenvalue weighted by molar-refractivity contribution is -0.145. The average molecular weight is 266 g/mol. The summed E-state index contributed by atoms with van der Waals surface area (Å²) in [6, 6.07) is -0.415. The molecule has 0 aromatic carbocycles. The fourth-order valence-electron chi connectivity index (χ4n) is 2.38. The predicted molar refractivity (Wildman–Crippen MR) is 72.7 cm³/mol. The first-order chi connectivity index (χ1) is 9.10. The molecule has 0 spiro atoms. The molecule has 5 heteroatoms. The number of carboxylic acids is 1. The van der Waals surface area contributed by atoms with Crippen LogP contribution >= 0.6 is 0 Å². The zero-order chi connectivity index (χ0) is 14.1. The van der Waals surface area contributed by atoms with Crippen molar-refractivity contribution in [3.8, 4) is 12.3 Å². The molecule has 1 aliphatic carbocycles. The number of carbonyl (C=O) groups excluding carboxylic acids is 1. The Morgan fingerprint density at radius 2 is 1.84 bits per heavy atom. The van der Waals surface area contributed by atoms with Crippen molar-refractivity contribution in [1.29, 1.82) is 0 Å². The second-order valence-electron chi connectivity index (χ2n) is 4.99. The number of aliphatic carboxylic acids is 1. The summed E-state index contributed by atoms with van der Waals surface area (Å²) in [6.45, 7) is 0.464. The fraction of sp³-hybridized carbons (Fsp3) is 0.714. The summed E-state index contributed by atoms with van der Waals surface area (Å²) >= 11 is 0. The Hall–Kier alpha value is -1.70. The Balaban J connectivity index is 2.50. The van der Waals surface area contributed by atoms with Crippen LogP contribution < -0.4 is 10.6 Å². The number of amides is 2. The topological polar surface area (TPSA) is 78.4 Å². The first kappa shape index (κ1) is 15.4. The van der Waals surface area contributed by atoms with Crippen LogP contribution in [0.3, 0.4) is 0 Å². The van der Waals surface area contributed by atoms with Crippen LogP contribution in [-0.2, 0) is 4.79 Å². The normalized spacial score (nSPS) is 17.8. The minimum absolute atomic E-state index is 0.415. The van der Waals surface area contributed by atoms with Crippen molar-refractivity contribution in [3.05, 3.63) is 0 Å². The molecule has 1 aliphatic rings. The molecule has 5 nitrogen and oxygen atoms in total. The molecule has 1 rings (SSSR count). The highest BCUT2D eigenvalue weighted by Crippen LogP contribution is 2.27. The van der Waals surface area contributed by atoms with Gasteiger partial charge in [0.05, 0.1) is 0 Å². The van der Waals surface area contributed by atoms with E-state index in [2.05, 4.69) is 16.6 Å². The van der Waals surface area contributed by atoms with Crippen molar-refractivity contribution in [2.24, 2.45) is 0 Å². The van der Waals surface area contributed by atoms with Gasteiger partial charge in [0.25, 0.3) is 0 Å². The van der Waals surface area contributed by atoms with E-state index in [1.807, 2.05) is 0 Å². The molecule has 0 saturated heterocycles. The molecule has 0 aromatic rings. The van der Waals surface area contributed by atoms with Gasteiger partial charge in [-0.3, -0.25) is 0 Å². The second kappa shape index (κ2) is 7.67. The first-order valence-electron chi connectivity index (χ1n) is 6.83. The van der Waals surface area contributed by atoms with Gasteiger partial charge in [0.2, 0.25) is 0 Å². The molecule has 0 bridgehead atoms. The molecule has 2 amide bonds. The zero-order valence-electron chi connectivity index (χ0n) is 11.2. The third-order valence-corrected chi connectivity index (χ3v) is 3.50. The minimum Gasteiger partial charge on any atom is -0.480 e. The van der Waals surface area contributed by atoms with Crippen molar-refractivity contribution in [1.82, 2.24) is 10.6 Å². The third-order valence-electron chi connectivity index (χ3n) is 3.50. The number of hydrogen-bond donors (Lipinski definition) is 3. The number of urea groups is 1. The highest BCUT2D eigenvalue weighted by Gasteiger charge is 2.39. The van der Waals surface area contributed by atoms with Gasteiger partial charge in [-0.15, -0.1) is 12.3 Å². The summed E-state index contributed by atoms with van der Waals surface area (Å²) in [7, 11) is 0. The second-order valence-corrected chi connectivity index (χ2v) is 4.99. The van der Waals surface area contributed by atoms with Crippen molar-refractivity contribution in [2.75, 3.05) is 6.54 Å². The molecule has 0 unspecified atom stereocenters. The van der Waals surface area contributed by atoms with Crippen LogP contribution in [0.5, 0.6) is 0 Å². The maximum atomic E-state index is 11.8. The van der Waals surface area contributed by atoms with Gasteiger partial charge in [0.1, 0.15) is 5.54 Å². The molecule has 0 heterocycles. The van der Waals surface area contributed by atoms with E-state index < -0.39 is 17.5 Å².